The fraction of sp³-hybridized carbons (Fsp3) is 0.364. The molecular formula is C33H35ClF3N5O6S. The number of nitrogens with zero attached hydrogens (tertiary/aromatic N) is 5. The van der Waals surface area contributed by atoms with Gasteiger partial charge in [-0.15, -0.1) is 13.2 Å². The second kappa shape index (κ2) is 15.0. The summed E-state index contributed by atoms with van der Waals surface area (Å²) in [5.74, 6) is 0.879. The number of hydrogen-bond donors (Lipinski definition) is 0. The number of sulfonamides is 1. The van der Waals surface area contributed by atoms with E-state index in [4.69, 9.17) is 25.8 Å². The van der Waals surface area contributed by atoms with Crippen LogP contribution in [0, 0.1) is 0 Å². The number of anilines is 1. The Morgan fingerprint density at radius 3 is 2.43 bits per heavy atom. The monoisotopic (exact) mass is 721 g/mol. The lowest BCUT2D eigenvalue weighted by Gasteiger charge is -2.39. The Kier molecular flexibility index (Phi) is 11.0. The van der Waals surface area contributed by atoms with Gasteiger partial charge in [-0.2, -0.15) is 0 Å². The highest BCUT2D eigenvalue weighted by Gasteiger charge is 2.36. The van der Waals surface area contributed by atoms with Crippen LogP contribution in [0.5, 0.6) is 23.1 Å². The van der Waals surface area contributed by atoms with Crippen LogP contribution in [0.3, 0.4) is 0 Å². The lowest BCUT2D eigenvalue weighted by Crippen LogP contribution is -2.46. The minimum atomic E-state index is -4.78. The second-order valence-corrected chi connectivity index (χ2v) is 13.7. The molecule has 3 atom stereocenters. The molecule has 0 saturated heterocycles. The van der Waals surface area contributed by atoms with Crippen LogP contribution in [0.1, 0.15) is 36.3 Å². The van der Waals surface area contributed by atoms with Crippen molar-refractivity contribution < 1.29 is 40.5 Å². The van der Waals surface area contributed by atoms with E-state index in [9.17, 15) is 21.6 Å². The van der Waals surface area contributed by atoms with Gasteiger partial charge in [-0.05, 0) is 75.2 Å². The van der Waals surface area contributed by atoms with Gasteiger partial charge < -0.3 is 23.8 Å². The zero-order valence-electron chi connectivity index (χ0n) is 27.1. The number of hydrogen-bond acceptors (Lipinski definition) is 10. The molecule has 49 heavy (non-hydrogen) atoms. The van der Waals surface area contributed by atoms with Gasteiger partial charge in [0.25, 0.3) is 10.0 Å². The first-order valence-electron chi connectivity index (χ1n) is 15.1. The van der Waals surface area contributed by atoms with Gasteiger partial charge in [0.05, 0.1) is 20.8 Å². The maximum atomic E-state index is 14.2. The quantitative estimate of drug-likeness (QED) is 0.151. The Morgan fingerprint density at radius 2 is 1.78 bits per heavy atom. The number of alkyl halides is 3. The summed E-state index contributed by atoms with van der Waals surface area (Å²) in [4.78, 5) is 14.1. The molecule has 0 unspecified atom stereocenters. The molecule has 262 valence electrons. The fourth-order valence-electron chi connectivity index (χ4n) is 5.86. The molecule has 1 aliphatic carbocycles. The molecule has 0 radical (unpaired) electrons. The van der Waals surface area contributed by atoms with Crippen molar-refractivity contribution in [3.05, 3.63) is 89.5 Å². The average molecular weight is 722 g/mol. The lowest BCUT2D eigenvalue weighted by molar-refractivity contribution is -0.274. The normalized spacial score (nSPS) is 18.2. The van der Waals surface area contributed by atoms with E-state index in [0.717, 1.165) is 9.87 Å². The summed E-state index contributed by atoms with van der Waals surface area (Å²) in [5.41, 5.74) is 1.28. The first-order chi connectivity index (χ1) is 23.3. The summed E-state index contributed by atoms with van der Waals surface area (Å²) >= 11 is 6.55. The van der Waals surface area contributed by atoms with E-state index in [1.165, 1.54) is 57.1 Å². The first kappa shape index (κ1) is 36.0. The molecule has 2 aromatic carbocycles. The Balaban J connectivity index is 1.37. The van der Waals surface area contributed by atoms with E-state index in [1.54, 1.807) is 30.3 Å². The lowest BCUT2D eigenvalue weighted by atomic mass is 9.79. The van der Waals surface area contributed by atoms with Gasteiger partial charge in [-0.25, -0.2) is 27.7 Å². The molecule has 0 N–H and O–H groups in total. The number of ether oxygens (including phenoxy) is 4. The van der Waals surface area contributed by atoms with Crippen LogP contribution < -0.4 is 23.3 Å². The van der Waals surface area contributed by atoms with Gasteiger partial charge in [0.2, 0.25) is 5.88 Å². The number of aromatic nitrogens is 3. The van der Waals surface area contributed by atoms with Crippen molar-refractivity contribution in [1.29, 1.82) is 0 Å². The number of likely N-dealkylation sites (N-methyl/N-ethyl adjacent to an activating group) is 1. The molecule has 0 amide bonds. The summed E-state index contributed by atoms with van der Waals surface area (Å²) in [6, 6.07) is 15.2. The number of benzene rings is 2. The summed E-state index contributed by atoms with van der Waals surface area (Å²) in [5, 5.41) is -0.296. The van der Waals surface area contributed by atoms with Gasteiger partial charge in [-0.1, -0.05) is 23.7 Å². The van der Waals surface area contributed by atoms with E-state index in [2.05, 4.69) is 19.7 Å². The van der Waals surface area contributed by atoms with E-state index in [-0.39, 0.29) is 52.1 Å². The van der Waals surface area contributed by atoms with Gasteiger partial charge >= 0.3 is 6.36 Å². The summed E-state index contributed by atoms with van der Waals surface area (Å²) < 4.78 is 89.0. The zero-order chi connectivity index (χ0) is 35.3. The molecule has 1 fully saturated rings. The molecule has 1 aliphatic rings. The minimum absolute atomic E-state index is 0.0368. The molecule has 11 nitrogen and oxygen atoms in total. The Hall–Kier alpha value is -4.34. The van der Waals surface area contributed by atoms with E-state index in [0.29, 0.717) is 36.3 Å². The van der Waals surface area contributed by atoms with Crippen molar-refractivity contribution in [2.75, 3.05) is 32.6 Å². The van der Waals surface area contributed by atoms with Gasteiger partial charge in [0.15, 0.2) is 5.15 Å². The van der Waals surface area contributed by atoms with E-state index in [1.807, 2.05) is 19.0 Å². The zero-order valence-corrected chi connectivity index (χ0v) is 28.7. The highest BCUT2D eigenvalue weighted by atomic mass is 35.5. The molecule has 2 aromatic heterocycles. The minimum Gasteiger partial charge on any atom is -0.497 e. The van der Waals surface area contributed by atoms with Crippen molar-refractivity contribution >= 4 is 27.4 Å². The van der Waals surface area contributed by atoms with Crippen LogP contribution >= 0.6 is 11.6 Å². The first-order valence-corrected chi connectivity index (χ1v) is 17.0. The molecule has 0 aliphatic heterocycles. The molecular weight excluding hydrogens is 687 g/mol. The molecule has 5 rings (SSSR count). The summed E-state index contributed by atoms with van der Waals surface area (Å²) in [7, 11) is 2.44. The average Bonchev–Trinajstić information content (AvgIpc) is 3.06. The van der Waals surface area contributed by atoms with Crippen molar-refractivity contribution in [1.82, 2.24) is 19.9 Å². The van der Waals surface area contributed by atoms with Crippen LogP contribution in [0.2, 0.25) is 5.15 Å². The molecule has 16 heteroatoms. The van der Waals surface area contributed by atoms with Crippen LogP contribution in [0.4, 0.5) is 19.0 Å². The Bertz CT molecular complexity index is 1850. The summed E-state index contributed by atoms with van der Waals surface area (Å²) in [6.07, 6.45) is -0.686. The Morgan fingerprint density at radius 1 is 0.980 bits per heavy atom. The van der Waals surface area contributed by atoms with Gasteiger partial charge in [-0.3, -0.25) is 0 Å². The van der Waals surface area contributed by atoms with Crippen molar-refractivity contribution in [2.45, 2.75) is 55.1 Å². The third-order valence-electron chi connectivity index (χ3n) is 8.24. The smallest absolute Gasteiger partial charge is 0.497 e. The number of pyridine rings is 1. The van der Waals surface area contributed by atoms with Crippen molar-refractivity contribution in [2.24, 2.45) is 0 Å². The van der Waals surface area contributed by atoms with Crippen molar-refractivity contribution in [3.63, 3.8) is 0 Å². The third kappa shape index (κ3) is 8.64. The van der Waals surface area contributed by atoms with E-state index < -0.39 is 16.4 Å². The standard InChI is InChI=1S/C33H35ClF3N5O6S/c1-41(2)26-17-22(21-6-5-7-25(16-21)48-33(35,36)37)9-11-27(26)47-31-13-12-29(32(34)40-31)49(43,44)42(30-14-15-38-20-39-30)19-23-8-10-24(45-3)18-28(23)46-4/h5-8,10,12-16,18,20,22,26-27H,9,11,17,19H2,1-4H3/t22-,26-,27-/m0/s1. The summed E-state index contributed by atoms with van der Waals surface area (Å²) in [6.45, 7) is -0.153. The van der Waals surface area contributed by atoms with E-state index >= 15 is 0 Å². The maximum Gasteiger partial charge on any atom is 0.573 e. The fourth-order valence-corrected chi connectivity index (χ4v) is 7.70. The number of halogens is 4. The van der Waals surface area contributed by atoms with Gasteiger partial charge in [0, 0.05) is 36.0 Å². The largest absolute Gasteiger partial charge is 0.573 e. The van der Waals surface area contributed by atoms with Crippen LogP contribution in [0.15, 0.2) is 78.1 Å². The molecule has 0 spiro atoms. The molecule has 1 saturated carbocycles. The van der Waals surface area contributed by atoms with Crippen molar-refractivity contribution in [3.8, 4) is 23.1 Å². The highest BCUT2D eigenvalue weighted by Crippen LogP contribution is 2.39. The van der Waals surface area contributed by atoms with Crippen LogP contribution in [0.25, 0.3) is 0 Å². The number of methoxy groups -OCH3 is 2. The highest BCUT2D eigenvalue weighted by molar-refractivity contribution is 7.92. The topological polar surface area (TPSA) is 116 Å². The maximum absolute atomic E-state index is 14.2. The third-order valence-corrected chi connectivity index (χ3v) is 10.4. The predicted molar refractivity (Wildman–Crippen MR) is 176 cm³/mol. The number of rotatable bonds is 12. The second-order valence-electron chi connectivity index (χ2n) is 11.5. The molecule has 4 aromatic rings. The molecule has 0 bridgehead atoms. The van der Waals surface area contributed by atoms with Gasteiger partial charge in [0.1, 0.15) is 40.4 Å². The van der Waals surface area contributed by atoms with Crippen LogP contribution in [-0.4, -0.2) is 75.1 Å². The predicted octanol–water partition coefficient (Wildman–Crippen LogP) is 6.48. The SMILES string of the molecule is COc1ccc(CN(c2ccncn2)S(=O)(=O)c2ccc(O[C@H]3CC[C@H](c4cccc(OC(F)(F)F)c4)C[C@@H]3N(C)C)nc2Cl)c(OC)c1. The van der Waals surface area contributed by atoms with Crippen LogP contribution in [-0.2, 0) is 16.6 Å². The Labute approximate surface area is 287 Å². The molecule has 2 heterocycles.